The van der Waals surface area contributed by atoms with Gasteiger partial charge in [-0.3, -0.25) is 0 Å². The zero-order valence-electron chi connectivity index (χ0n) is 9.58. The van der Waals surface area contributed by atoms with E-state index in [1.165, 1.54) is 0 Å². The van der Waals surface area contributed by atoms with Gasteiger partial charge >= 0.3 is 0 Å². The van der Waals surface area contributed by atoms with E-state index in [1.54, 1.807) is 17.4 Å². The van der Waals surface area contributed by atoms with Crippen molar-refractivity contribution in [1.82, 2.24) is 19.3 Å². The molecule has 1 fully saturated rings. The van der Waals surface area contributed by atoms with Crippen molar-refractivity contribution in [3.8, 4) is 0 Å². The van der Waals surface area contributed by atoms with Crippen LogP contribution in [0.25, 0.3) is 0 Å². The molecule has 0 bridgehead atoms. The van der Waals surface area contributed by atoms with E-state index in [0.29, 0.717) is 13.1 Å². The van der Waals surface area contributed by atoms with Gasteiger partial charge in [0.1, 0.15) is 3.70 Å². The molecule has 1 aromatic heterocycles. The Morgan fingerprint density at radius 2 is 2.35 bits per heavy atom. The fourth-order valence-electron chi connectivity index (χ4n) is 2.03. The highest BCUT2D eigenvalue weighted by Crippen LogP contribution is 2.24. The van der Waals surface area contributed by atoms with Crippen molar-refractivity contribution >= 4 is 32.6 Å². The van der Waals surface area contributed by atoms with Gasteiger partial charge in [0, 0.05) is 13.1 Å². The van der Waals surface area contributed by atoms with Crippen LogP contribution in [-0.2, 0) is 10.0 Å². The molecule has 0 N–H and O–H groups in total. The van der Waals surface area contributed by atoms with Crippen LogP contribution in [0.1, 0.15) is 25.8 Å². The fraction of sp³-hybridized carbons (Fsp3) is 0.778. The summed E-state index contributed by atoms with van der Waals surface area (Å²) in [4.78, 5) is 0. The van der Waals surface area contributed by atoms with Gasteiger partial charge in [0.05, 0.1) is 18.0 Å². The molecule has 2 rings (SSSR count). The van der Waals surface area contributed by atoms with E-state index in [-0.39, 0.29) is 11.8 Å². The third-order valence-corrected chi connectivity index (χ3v) is 5.62. The second kappa shape index (κ2) is 5.19. The van der Waals surface area contributed by atoms with Crippen molar-refractivity contribution < 1.29 is 8.42 Å². The third-order valence-electron chi connectivity index (χ3n) is 2.99. The summed E-state index contributed by atoms with van der Waals surface area (Å²) in [7, 11) is -3.09. The minimum atomic E-state index is -3.09. The molecule has 0 saturated carbocycles. The van der Waals surface area contributed by atoms with Gasteiger partial charge in [-0.2, -0.15) is 4.31 Å². The molecule has 0 aliphatic carbocycles. The lowest BCUT2D eigenvalue weighted by molar-refractivity contribution is 0.248. The molecule has 1 saturated heterocycles. The Hall–Kier alpha value is -0.220. The fourth-order valence-corrected chi connectivity index (χ4v) is 3.82. The lowest BCUT2D eigenvalue weighted by Crippen LogP contribution is -2.41. The summed E-state index contributed by atoms with van der Waals surface area (Å²) in [5, 5.41) is 7.86. The van der Waals surface area contributed by atoms with Crippen LogP contribution >= 0.6 is 22.6 Å². The number of hydrogen-bond acceptors (Lipinski definition) is 4. The average molecular weight is 370 g/mol. The summed E-state index contributed by atoms with van der Waals surface area (Å²) in [6.07, 6.45) is 3.52. The first-order valence-corrected chi connectivity index (χ1v) is 8.27. The summed E-state index contributed by atoms with van der Waals surface area (Å²) in [5.74, 6) is 0.161. The highest BCUT2D eigenvalue weighted by atomic mass is 127. The van der Waals surface area contributed by atoms with Crippen LogP contribution in [0.4, 0.5) is 0 Å². The predicted molar refractivity (Wildman–Crippen MR) is 72.0 cm³/mol. The minimum absolute atomic E-state index is 0.111. The maximum Gasteiger partial charge on any atom is 0.213 e. The van der Waals surface area contributed by atoms with Gasteiger partial charge in [0.25, 0.3) is 0 Å². The molecule has 6 nitrogen and oxygen atoms in total. The van der Waals surface area contributed by atoms with Crippen molar-refractivity contribution in [2.24, 2.45) is 0 Å². The molecule has 1 unspecified atom stereocenters. The zero-order valence-corrected chi connectivity index (χ0v) is 12.6. The number of piperidine rings is 1. The molecule has 0 spiro atoms. The number of sulfonamides is 1. The van der Waals surface area contributed by atoms with Crippen LogP contribution in [-0.4, -0.2) is 46.6 Å². The van der Waals surface area contributed by atoms with Crippen molar-refractivity contribution in [3.63, 3.8) is 0 Å². The number of aromatic nitrogens is 3. The van der Waals surface area contributed by atoms with Crippen molar-refractivity contribution in [2.45, 2.75) is 25.8 Å². The molecule has 96 valence electrons. The van der Waals surface area contributed by atoms with E-state index < -0.39 is 10.0 Å². The Kier molecular flexibility index (Phi) is 4.03. The van der Waals surface area contributed by atoms with Gasteiger partial charge in [-0.25, -0.2) is 13.1 Å². The van der Waals surface area contributed by atoms with E-state index in [9.17, 15) is 8.42 Å². The monoisotopic (exact) mass is 370 g/mol. The first-order valence-electron chi connectivity index (χ1n) is 5.58. The van der Waals surface area contributed by atoms with Gasteiger partial charge in [-0.1, -0.05) is 5.21 Å². The highest BCUT2D eigenvalue weighted by molar-refractivity contribution is 14.1. The zero-order chi connectivity index (χ0) is 12.5. The Morgan fingerprint density at radius 3 is 2.94 bits per heavy atom. The topological polar surface area (TPSA) is 68.1 Å². The second-order valence-electron chi connectivity index (χ2n) is 4.06. The highest BCUT2D eigenvalue weighted by Gasteiger charge is 2.29. The standard InChI is InChI=1S/C9H15IN4O2S/c1-2-17(15,16)13-5-3-4-8(7-13)14-9(10)6-11-12-14/h6,8H,2-5,7H2,1H3. The molecule has 8 heteroatoms. The summed E-state index contributed by atoms with van der Waals surface area (Å²) in [5.41, 5.74) is 0. The first-order chi connectivity index (χ1) is 8.04. The normalized spacial score (nSPS) is 22.8. The Morgan fingerprint density at radius 1 is 1.59 bits per heavy atom. The molecule has 0 radical (unpaired) electrons. The minimum Gasteiger partial charge on any atom is -0.235 e. The van der Waals surface area contributed by atoms with Crippen molar-refractivity contribution in [3.05, 3.63) is 9.90 Å². The molecule has 1 aromatic rings. The van der Waals surface area contributed by atoms with Crippen molar-refractivity contribution in [1.29, 1.82) is 0 Å². The molecular weight excluding hydrogens is 355 g/mol. The quantitative estimate of drug-likeness (QED) is 0.741. The van der Waals surface area contributed by atoms with Crippen molar-refractivity contribution in [2.75, 3.05) is 18.8 Å². The van der Waals surface area contributed by atoms with E-state index in [0.717, 1.165) is 16.5 Å². The van der Waals surface area contributed by atoms with Gasteiger partial charge in [-0.15, -0.1) is 5.10 Å². The smallest absolute Gasteiger partial charge is 0.213 e. The van der Waals surface area contributed by atoms with Gasteiger partial charge in [0.15, 0.2) is 0 Å². The molecule has 0 aromatic carbocycles. The third kappa shape index (κ3) is 2.79. The number of halogens is 1. The molecule has 1 aliphatic rings. The largest absolute Gasteiger partial charge is 0.235 e. The van der Waals surface area contributed by atoms with E-state index >= 15 is 0 Å². The van der Waals surface area contributed by atoms with Crippen LogP contribution in [0.2, 0.25) is 0 Å². The summed E-state index contributed by atoms with van der Waals surface area (Å²) < 4.78 is 28.0. The number of rotatable bonds is 3. The number of hydrogen-bond donors (Lipinski definition) is 0. The second-order valence-corrected chi connectivity index (χ2v) is 7.42. The Bertz CT molecular complexity index is 487. The Labute approximate surface area is 115 Å². The van der Waals surface area contributed by atoms with Gasteiger partial charge in [0.2, 0.25) is 10.0 Å². The molecular formula is C9H15IN4O2S. The first kappa shape index (κ1) is 13.2. The van der Waals surface area contributed by atoms with Crippen LogP contribution in [0, 0.1) is 3.70 Å². The van der Waals surface area contributed by atoms with E-state index in [2.05, 4.69) is 32.9 Å². The van der Waals surface area contributed by atoms with Gasteiger partial charge < -0.3 is 0 Å². The summed E-state index contributed by atoms with van der Waals surface area (Å²) >= 11 is 2.17. The van der Waals surface area contributed by atoms with Crippen LogP contribution in [0.3, 0.4) is 0 Å². The molecule has 0 amide bonds. The van der Waals surface area contributed by atoms with E-state index in [4.69, 9.17) is 0 Å². The SMILES string of the molecule is CCS(=O)(=O)N1CCCC(n2nncc2I)C1. The van der Waals surface area contributed by atoms with Crippen LogP contribution < -0.4 is 0 Å². The summed E-state index contributed by atoms with van der Waals surface area (Å²) in [6, 6.07) is 0.111. The van der Waals surface area contributed by atoms with Crippen LogP contribution in [0.5, 0.6) is 0 Å². The number of nitrogens with zero attached hydrogens (tertiary/aromatic N) is 4. The molecule has 1 aliphatic heterocycles. The molecule has 17 heavy (non-hydrogen) atoms. The summed E-state index contributed by atoms with van der Waals surface area (Å²) in [6.45, 7) is 2.81. The Balaban J connectivity index is 2.16. The molecule has 2 heterocycles. The van der Waals surface area contributed by atoms with E-state index in [1.807, 2.05) is 4.68 Å². The van der Waals surface area contributed by atoms with Crippen LogP contribution in [0.15, 0.2) is 6.20 Å². The predicted octanol–water partition coefficient (Wildman–Crippen LogP) is 0.869. The van der Waals surface area contributed by atoms with Gasteiger partial charge in [-0.05, 0) is 42.4 Å². The maximum absolute atomic E-state index is 11.8. The lowest BCUT2D eigenvalue weighted by atomic mass is 10.1. The lowest BCUT2D eigenvalue weighted by Gasteiger charge is -2.31. The maximum atomic E-state index is 11.8. The average Bonchev–Trinajstić information content (AvgIpc) is 2.76. The molecule has 1 atom stereocenters.